The molecule has 1 aromatic rings. The molecule has 102 valence electrons. The number of nitrogens with one attached hydrogen (secondary N) is 1. The van der Waals surface area contributed by atoms with Gasteiger partial charge in [0.2, 0.25) is 0 Å². The Morgan fingerprint density at radius 2 is 1.56 bits per heavy atom. The first-order valence-corrected chi connectivity index (χ1v) is 7.39. The summed E-state index contributed by atoms with van der Waals surface area (Å²) in [6.45, 7) is 2.26. The van der Waals surface area contributed by atoms with E-state index in [0.717, 1.165) is 6.42 Å². The smallest absolute Gasteiger partial charge is 0.0460 e. The third kappa shape index (κ3) is 6.18. The second-order valence-electron chi connectivity index (χ2n) is 5.04. The van der Waals surface area contributed by atoms with Gasteiger partial charge in [-0.2, -0.15) is 0 Å². The van der Waals surface area contributed by atoms with Crippen LogP contribution in [0.3, 0.4) is 0 Å². The zero-order valence-corrected chi connectivity index (χ0v) is 11.7. The van der Waals surface area contributed by atoms with Crippen molar-refractivity contribution < 1.29 is 0 Å². The summed E-state index contributed by atoms with van der Waals surface area (Å²) in [6, 6.07) is 10.8. The van der Waals surface area contributed by atoms with Crippen LogP contribution in [0.4, 0.5) is 0 Å². The van der Waals surface area contributed by atoms with Crippen molar-refractivity contribution in [3.8, 4) is 0 Å². The lowest BCUT2D eigenvalue weighted by Gasteiger charge is -2.16. The van der Waals surface area contributed by atoms with E-state index < -0.39 is 0 Å². The van der Waals surface area contributed by atoms with Crippen molar-refractivity contribution in [2.24, 2.45) is 5.84 Å². The Labute approximate surface area is 112 Å². The SMILES string of the molecule is CCCCCCCCC[C@@H](NN)c1ccccc1. The Morgan fingerprint density at radius 3 is 2.17 bits per heavy atom. The predicted molar refractivity (Wildman–Crippen MR) is 79.1 cm³/mol. The zero-order valence-electron chi connectivity index (χ0n) is 11.7. The van der Waals surface area contributed by atoms with Crippen LogP contribution < -0.4 is 11.3 Å². The molecule has 0 amide bonds. The van der Waals surface area contributed by atoms with Gasteiger partial charge < -0.3 is 0 Å². The monoisotopic (exact) mass is 248 g/mol. The largest absolute Gasteiger partial charge is 0.271 e. The molecule has 0 saturated heterocycles. The lowest BCUT2D eigenvalue weighted by Crippen LogP contribution is -2.27. The molecule has 0 spiro atoms. The molecule has 0 radical (unpaired) electrons. The summed E-state index contributed by atoms with van der Waals surface area (Å²) >= 11 is 0. The molecule has 0 aliphatic rings. The van der Waals surface area contributed by atoms with E-state index in [1.54, 1.807) is 0 Å². The van der Waals surface area contributed by atoms with Crippen LogP contribution in [0.1, 0.15) is 69.9 Å². The van der Waals surface area contributed by atoms with Crippen LogP contribution in [-0.2, 0) is 0 Å². The third-order valence-corrected chi connectivity index (χ3v) is 3.50. The van der Waals surface area contributed by atoms with Crippen LogP contribution in [0.25, 0.3) is 0 Å². The van der Waals surface area contributed by atoms with E-state index in [2.05, 4.69) is 36.6 Å². The summed E-state index contributed by atoms with van der Waals surface area (Å²) < 4.78 is 0. The summed E-state index contributed by atoms with van der Waals surface area (Å²) in [5, 5.41) is 0. The van der Waals surface area contributed by atoms with E-state index in [9.17, 15) is 0 Å². The minimum atomic E-state index is 0.307. The normalized spacial score (nSPS) is 12.6. The van der Waals surface area contributed by atoms with Gasteiger partial charge in [0, 0.05) is 6.04 Å². The highest BCUT2D eigenvalue weighted by Crippen LogP contribution is 2.19. The maximum atomic E-state index is 5.64. The Hall–Kier alpha value is -0.860. The minimum absolute atomic E-state index is 0.307. The number of rotatable bonds is 10. The first-order chi connectivity index (χ1) is 8.88. The molecule has 0 unspecified atom stereocenters. The van der Waals surface area contributed by atoms with E-state index in [4.69, 9.17) is 5.84 Å². The molecule has 0 fully saturated rings. The molecule has 2 heteroatoms. The van der Waals surface area contributed by atoms with Crippen LogP contribution in [0.5, 0.6) is 0 Å². The van der Waals surface area contributed by atoms with Gasteiger partial charge in [-0.25, -0.2) is 0 Å². The van der Waals surface area contributed by atoms with Gasteiger partial charge in [0.1, 0.15) is 0 Å². The highest BCUT2D eigenvalue weighted by Gasteiger charge is 2.07. The van der Waals surface area contributed by atoms with Gasteiger partial charge in [0.25, 0.3) is 0 Å². The Kier molecular flexibility index (Phi) is 8.53. The lowest BCUT2D eigenvalue weighted by atomic mass is 10.00. The van der Waals surface area contributed by atoms with Crippen molar-refractivity contribution in [2.75, 3.05) is 0 Å². The molecule has 0 aliphatic heterocycles. The summed E-state index contributed by atoms with van der Waals surface area (Å²) in [7, 11) is 0. The molecule has 1 rings (SSSR count). The Balaban J connectivity index is 2.13. The number of nitrogens with two attached hydrogens (primary N) is 1. The second kappa shape index (κ2) is 10.1. The van der Waals surface area contributed by atoms with E-state index in [0.29, 0.717) is 6.04 Å². The standard InChI is InChI=1S/C16H28N2/c1-2-3-4-5-6-7-11-14-16(18-17)15-12-9-8-10-13-15/h8-10,12-13,16,18H,2-7,11,14,17H2,1H3/t16-/m1/s1. The quantitative estimate of drug-likeness (QED) is 0.367. The highest BCUT2D eigenvalue weighted by atomic mass is 15.2. The van der Waals surface area contributed by atoms with Crippen molar-refractivity contribution in [3.63, 3.8) is 0 Å². The Bertz CT molecular complexity index is 284. The van der Waals surface area contributed by atoms with Crippen molar-refractivity contribution in [3.05, 3.63) is 35.9 Å². The second-order valence-corrected chi connectivity index (χ2v) is 5.04. The number of hydrogen-bond acceptors (Lipinski definition) is 2. The molecule has 2 nitrogen and oxygen atoms in total. The topological polar surface area (TPSA) is 38.0 Å². The summed E-state index contributed by atoms with van der Waals surface area (Å²) in [5.74, 6) is 5.64. The number of hydrogen-bond donors (Lipinski definition) is 2. The molecule has 0 saturated carbocycles. The molecule has 3 N–H and O–H groups in total. The summed E-state index contributed by atoms with van der Waals surface area (Å²) in [4.78, 5) is 0. The fraction of sp³-hybridized carbons (Fsp3) is 0.625. The number of benzene rings is 1. The van der Waals surface area contributed by atoms with E-state index in [-0.39, 0.29) is 0 Å². The minimum Gasteiger partial charge on any atom is -0.271 e. The number of unbranched alkanes of at least 4 members (excludes halogenated alkanes) is 6. The molecule has 0 heterocycles. The highest BCUT2D eigenvalue weighted by molar-refractivity contribution is 5.18. The average molecular weight is 248 g/mol. The van der Waals surface area contributed by atoms with Crippen LogP contribution in [0.15, 0.2) is 30.3 Å². The van der Waals surface area contributed by atoms with E-state index >= 15 is 0 Å². The Morgan fingerprint density at radius 1 is 0.944 bits per heavy atom. The third-order valence-electron chi connectivity index (χ3n) is 3.50. The van der Waals surface area contributed by atoms with Crippen molar-refractivity contribution >= 4 is 0 Å². The average Bonchev–Trinajstić information content (AvgIpc) is 2.43. The van der Waals surface area contributed by atoms with Gasteiger partial charge in [-0.05, 0) is 12.0 Å². The first kappa shape index (κ1) is 15.2. The van der Waals surface area contributed by atoms with Crippen molar-refractivity contribution in [2.45, 2.75) is 64.3 Å². The van der Waals surface area contributed by atoms with Gasteiger partial charge in [-0.1, -0.05) is 82.2 Å². The summed E-state index contributed by atoms with van der Waals surface area (Å²) in [6.07, 6.45) is 10.6. The fourth-order valence-corrected chi connectivity index (χ4v) is 2.34. The van der Waals surface area contributed by atoms with Gasteiger partial charge in [0.15, 0.2) is 0 Å². The first-order valence-electron chi connectivity index (χ1n) is 7.39. The van der Waals surface area contributed by atoms with Gasteiger partial charge >= 0.3 is 0 Å². The van der Waals surface area contributed by atoms with Gasteiger partial charge in [-0.15, -0.1) is 0 Å². The maximum Gasteiger partial charge on any atom is 0.0460 e. The molecule has 1 aromatic carbocycles. The fourth-order valence-electron chi connectivity index (χ4n) is 2.34. The van der Waals surface area contributed by atoms with Crippen LogP contribution >= 0.6 is 0 Å². The van der Waals surface area contributed by atoms with Crippen molar-refractivity contribution in [1.82, 2.24) is 5.43 Å². The molecule has 0 bridgehead atoms. The summed E-state index contributed by atoms with van der Waals surface area (Å²) in [5.41, 5.74) is 4.23. The van der Waals surface area contributed by atoms with Crippen LogP contribution in [-0.4, -0.2) is 0 Å². The molecule has 1 atom stereocenters. The lowest BCUT2D eigenvalue weighted by molar-refractivity contribution is 0.476. The van der Waals surface area contributed by atoms with Gasteiger partial charge in [-0.3, -0.25) is 11.3 Å². The molecular weight excluding hydrogens is 220 g/mol. The predicted octanol–water partition coefficient (Wildman–Crippen LogP) is 4.33. The number of hydrazine groups is 1. The zero-order chi connectivity index (χ0) is 13.1. The van der Waals surface area contributed by atoms with Crippen LogP contribution in [0.2, 0.25) is 0 Å². The van der Waals surface area contributed by atoms with Gasteiger partial charge in [0.05, 0.1) is 0 Å². The molecule has 0 aliphatic carbocycles. The molecule has 18 heavy (non-hydrogen) atoms. The van der Waals surface area contributed by atoms with E-state index in [1.807, 2.05) is 6.07 Å². The van der Waals surface area contributed by atoms with E-state index in [1.165, 1.54) is 50.5 Å². The molecular formula is C16H28N2. The van der Waals surface area contributed by atoms with Crippen LogP contribution in [0, 0.1) is 0 Å². The maximum absolute atomic E-state index is 5.64. The molecule has 0 aromatic heterocycles. The van der Waals surface area contributed by atoms with Crippen molar-refractivity contribution in [1.29, 1.82) is 0 Å².